The molecule has 114 valence electrons. The lowest BCUT2D eigenvalue weighted by atomic mass is 10.2. The number of halogens is 1. The van der Waals surface area contributed by atoms with E-state index in [2.05, 4.69) is 64.3 Å². The zero-order valence-corrected chi connectivity index (χ0v) is 14.3. The number of nitrogens with one attached hydrogen (secondary N) is 1. The van der Waals surface area contributed by atoms with Crippen LogP contribution in [-0.4, -0.2) is 28.4 Å². The van der Waals surface area contributed by atoms with Crippen LogP contribution < -0.4 is 11.1 Å². The first-order valence-electron chi connectivity index (χ1n) is 7.13. The Labute approximate surface area is 133 Å². The number of imidazole rings is 1. The highest BCUT2D eigenvalue weighted by Gasteiger charge is 2.05. The molecule has 0 unspecified atom stereocenters. The van der Waals surface area contributed by atoms with Crippen LogP contribution in [-0.2, 0) is 6.42 Å². The molecule has 2 rings (SSSR count). The molecule has 0 saturated heterocycles. The third-order valence-electron chi connectivity index (χ3n) is 3.07. The maximum Gasteiger partial charge on any atom is 0.188 e. The number of nitrogens with two attached hydrogens (primary N) is 1. The topological polar surface area (TPSA) is 67.7 Å². The molecule has 6 heteroatoms. The zero-order chi connectivity index (χ0) is 15.4. The van der Waals surface area contributed by atoms with Gasteiger partial charge in [0.25, 0.3) is 0 Å². The molecule has 0 aliphatic heterocycles. The van der Waals surface area contributed by atoms with E-state index in [4.69, 9.17) is 5.73 Å². The Kier molecular flexibility index (Phi) is 5.22. The standard InChI is InChI=1S/C15H22BrN5/c1-10(2)7-19-15(17)18-5-4-13-9-21-8-12(16)6-11(3)14(21)20-13/h6,8-10H,4-5,7H2,1-3H3,(H3,17,18,19). The van der Waals surface area contributed by atoms with E-state index in [9.17, 15) is 0 Å². The number of rotatable bonds is 5. The second-order valence-corrected chi connectivity index (χ2v) is 6.52. The van der Waals surface area contributed by atoms with Crippen LogP contribution in [0.2, 0.25) is 0 Å². The van der Waals surface area contributed by atoms with Gasteiger partial charge in [0.15, 0.2) is 5.96 Å². The van der Waals surface area contributed by atoms with Crippen molar-refractivity contribution in [1.29, 1.82) is 0 Å². The van der Waals surface area contributed by atoms with E-state index < -0.39 is 0 Å². The molecule has 0 amide bonds. The number of aliphatic imine (C=N–C) groups is 1. The average molecular weight is 352 g/mol. The summed E-state index contributed by atoms with van der Waals surface area (Å²) in [5.74, 6) is 1.02. The molecule has 2 aromatic rings. The summed E-state index contributed by atoms with van der Waals surface area (Å²) >= 11 is 3.50. The Morgan fingerprint density at radius 1 is 1.48 bits per heavy atom. The molecule has 0 fully saturated rings. The van der Waals surface area contributed by atoms with Crippen LogP contribution in [0.1, 0.15) is 25.1 Å². The molecule has 2 heterocycles. The van der Waals surface area contributed by atoms with Crippen molar-refractivity contribution < 1.29 is 0 Å². The third-order valence-corrected chi connectivity index (χ3v) is 3.50. The molecule has 0 aromatic carbocycles. The van der Waals surface area contributed by atoms with Gasteiger partial charge in [-0.1, -0.05) is 13.8 Å². The number of hydrogen-bond donors (Lipinski definition) is 2. The van der Waals surface area contributed by atoms with E-state index in [1.807, 2.05) is 10.6 Å². The van der Waals surface area contributed by atoms with E-state index in [0.29, 0.717) is 11.9 Å². The van der Waals surface area contributed by atoms with E-state index in [1.54, 1.807) is 0 Å². The van der Waals surface area contributed by atoms with Crippen molar-refractivity contribution in [2.45, 2.75) is 27.2 Å². The highest BCUT2D eigenvalue weighted by atomic mass is 79.9. The quantitative estimate of drug-likeness (QED) is 0.642. The number of nitrogens with zero attached hydrogens (tertiary/aromatic N) is 3. The minimum atomic E-state index is 0.506. The number of fused-ring (bicyclic) bond motifs is 1. The predicted molar refractivity (Wildman–Crippen MR) is 90.7 cm³/mol. The van der Waals surface area contributed by atoms with E-state index >= 15 is 0 Å². The Bertz CT molecular complexity index is 645. The fourth-order valence-electron chi connectivity index (χ4n) is 2.05. The van der Waals surface area contributed by atoms with Crippen molar-refractivity contribution in [3.05, 3.63) is 34.2 Å². The van der Waals surface area contributed by atoms with Gasteiger partial charge in [-0.25, -0.2) is 4.98 Å². The largest absolute Gasteiger partial charge is 0.370 e. The van der Waals surface area contributed by atoms with Crippen molar-refractivity contribution in [2.75, 3.05) is 13.1 Å². The molecule has 0 spiro atoms. The lowest BCUT2D eigenvalue weighted by Gasteiger charge is -2.05. The lowest BCUT2D eigenvalue weighted by Crippen LogP contribution is -2.33. The van der Waals surface area contributed by atoms with Gasteiger partial charge in [-0.05, 0) is 40.4 Å². The van der Waals surface area contributed by atoms with Gasteiger partial charge >= 0.3 is 0 Å². The highest BCUT2D eigenvalue weighted by molar-refractivity contribution is 9.10. The summed E-state index contributed by atoms with van der Waals surface area (Å²) in [4.78, 5) is 8.92. The first-order chi connectivity index (χ1) is 9.95. The summed E-state index contributed by atoms with van der Waals surface area (Å²) in [7, 11) is 0. The zero-order valence-electron chi connectivity index (χ0n) is 12.7. The molecule has 5 nitrogen and oxygen atoms in total. The summed E-state index contributed by atoms with van der Waals surface area (Å²) < 4.78 is 3.10. The van der Waals surface area contributed by atoms with Gasteiger partial charge in [-0.3, -0.25) is 4.99 Å². The summed E-state index contributed by atoms with van der Waals surface area (Å²) in [5, 5.41) is 3.13. The predicted octanol–water partition coefficient (Wildman–Crippen LogP) is 2.51. The smallest absolute Gasteiger partial charge is 0.188 e. The monoisotopic (exact) mass is 351 g/mol. The number of pyridine rings is 1. The fourth-order valence-corrected chi connectivity index (χ4v) is 2.62. The lowest BCUT2D eigenvalue weighted by molar-refractivity contribution is 0.661. The summed E-state index contributed by atoms with van der Waals surface area (Å²) in [6, 6.07) is 2.07. The normalized spacial score (nSPS) is 12.3. The second-order valence-electron chi connectivity index (χ2n) is 5.60. The van der Waals surface area contributed by atoms with Crippen LogP contribution >= 0.6 is 15.9 Å². The van der Waals surface area contributed by atoms with Crippen molar-refractivity contribution in [1.82, 2.24) is 14.7 Å². The molecule has 0 aliphatic rings. The molecule has 0 aliphatic carbocycles. The minimum Gasteiger partial charge on any atom is -0.370 e. The molecule has 0 saturated carbocycles. The maximum atomic E-state index is 5.81. The van der Waals surface area contributed by atoms with Gasteiger partial charge in [0, 0.05) is 36.4 Å². The number of guanidine groups is 1. The van der Waals surface area contributed by atoms with Gasteiger partial charge in [-0.15, -0.1) is 0 Å². The SMILES string of the molecule is Cc1cc(Br)cn2cc(CCNC(N)=NCC(C)C)nc12. The Hall–Kier alpha value is -1.56. The van der Waals surface area contributed by atoms with Crippen molar-refractivity contribution in [2.24, 2.45) is 16.6 Å². The number of aromatic nitrogens is 2. The fraction of sp³-hybridized carbons (Fsp3) is 0.467. The maximum absolute atomic E-state index is 5.81. The van der Waals surface area contributed by atoms with Gasteiger partial charge in [0.2, 0.25) is 0 Å². The summed E-state index contributed by atoms with van der Waals surface area (Å²) in [6.07, 6.45) is 4.89. The van der Waals surface area contributed by atoms with Crippen LogP contribution in [0.25, 0.3) is 5.65 Å². The molecule has 2 aromatic heterocycles. The van der Waals surface area contributed by atoms with E-state index in [1.165, 1.54) is 0 Å². The summed E-state index contributed by atoms with van der Waals surface area (Å²) in [6.45, 7) is 7.78. The first kappa shape index (κ1) is 15.8. The average Bonchev–Trinajstić information content (AvgIpc) is 2.79. The molecular weight excluding hydrogens is 330 g/mol. The van der Waals surface area contributed by atoms with Crippen molar-refractivity contribution >= 4 is 27.5 Å². The number of aryl methyl sites for hydroxylation is 1. The Balaban J connectivity index is 1.95. The Morgan fingerprint density at radius 3 is 2.95 bits per heavy atom. The van der Waals surface area contributed by atoms with Crippen LogP contribution in [0, 0.1) is 12.8 Å². The molecule has 21 heavy (non-hydrogen) atoms. The summed E-state index contributed by atoms with van der Waals surface area (Å²) in [5.41, 5.74) is 9.00. The van der Waals surface area contributed by atoms with Crippen molar-refractivity contribution in [3.8, 4) is 0 Å². The molecule has 0 radical (unpaired) electrons. The van der Waals surface area contributed by atoms with Crippen LogP contribution in [0.4, 0.5) is 0 Å². The van der Waals surface area contributed by atoms with Crippen LogP contribution in [0.3, 0.4) is 0 Å². The molecular formula is C15H22BrN5. The van der Waals surface area contributed by atoms with Gasteiger partial charge in [0.1, 0.15) is 5.65 Å². The van der Waals surface area contributed by atoms with E-state index in [0.717, 1.165) is 40.9 Å². The van der Waals surface area contributed by atoms with Gasteiger partial charge in [-0.2, -0.15) is 0 Å². The van der Waals surface area contributed by atoms with Crippen LogP contribution in [0.15, 0.2) is 27.9 Å². The minimum absolute atomic E-state index is 0.506. The number of hydrogen-bond acceptors (Lipinski definition) is 2. The molecule has 0 bridgehead atoms. The third kappa shape index (κ3) is 4.46. The Morgan fingerprint density at radius 2 is 2.24 bits per heavy atom. The van der Waals surface area contributed by atoms with Gasteiger partial charge < -0.3 is 15.5 Å². The highest BCUT2D eigenvalue weighted by Crippen LogP contribution is 2.17. The second kappa shape index (κ2) is 6.93. The molecule has 0 atom stereocenters. The van der Waals surface area contributed by atoms with Crippen LogP contribution in [0.5, 0.6) is 0 Å². The first-order valence-corrected chi connectivity index (χ1v) is 7.92. The van der Waals surface area contributed by atoms with E-state index in [-0.39, 0.29) is 0 Å². The van der Waals surface area contributed by atoms with Gasteiger partial charge in [0.05, 0.1) is 5.69 Å². The van der Waals surface area contributed by atoms with Crippen molar-refractivity contribution in [3.63, 3.8) is 0 Å². The molecule has 3 N–H and O–H groups in total.